The third-order valence-corrected chi connectivity index (χ3v) is 3.16. The summed E-state index contributed by atoms with van der Waals surface area (Å²) < 4.78 is 11.8. The predicted molar refractivity (Wildman–Crippen MR) is 73.0 cm³/mol. The first kappa shape index (κ1) is 16.9. The second-order valence-electron chi connectivity index (χ2n) is 5.91. The third kappa shape index (κ3) is 7.74. The zero-order chi connectivity index (χ0) is 13.7. The normalized spacial score (nSPS) is 16.9. The van der Waals surface area contributed by atoms with Gasteiger partial charge in [0.1, 0.15) is 12.5 Å². The topological polar surface area (TPSA) is 30.5 Å². The first-order valence-electron chi connectivity index (χ1n) is 6.73. The number of rotatable bonds is 8. The fraction of sp³-hybridized carbons (Fsp3) is 1.00. The highest BCUT2D eigenvalue weighted by atomic mass is 16.5. The molecule has 0 radical (unpaired) electrons. The summed E-state index contributed by atoms with van der Waals surface area (Å²) in [7, 11) is 0. The van der Waals surface area contributed by atoms with Crippen molar-refractivity contribution in [3.8, 4) is 0 Å². The van der Waals surface area contributed by atoms with Crippen LogP contribution in [-0.2, 0) is 9.47 Å². The average Bonchev–Trinajstić information content (AvgIpc) is 2.15. The monoisotopic (exact) mass is 245 g/mol. The number of hydrogen-bond acceptors (Lipinski definition) is 3. The minimum atomic E-state index is -0.0909. The van der Waals surface area contributed by atoms with Crippen LogP contribution in [0, 0.1) is 0 Å². The fourth-order valence-corrected chi connectivity index (χ4v) is 1.52. The molecule has 2 unspecified atom stereocenters. The molecule has 0 aromatic rings. The van der Waals surface area contributed by atoms with Gasteiger partial charge in [0.05, 0.1) is 11.2 Å². The van der Waals surface area contributed by atoms with Crippen molar-refractivity contribution in [1.82, 2.24) is 5.32 Å². The SMILES string of the molecule is CCC(C)(C)OC(C)NC(C)OC(C)(C)CC. The van der Waals surface area contributed by atoms with Crippen LogP contribution in [0.15, 0.2) is 0 Å². The van der Waals surface area contributed by atoms with E-state index in [9.17, 15) is 0 Å². The molecule has 3 heteroatoms. The van der Waals surface area contributed by atoms with E-state index in [0.29, 0.717) is 0 Å². The lowest BCUT2D eigenvalue weighted by Crippen LogP contribution is -2.45. The van der Waals surface area contributed by atoms with Gasteiger partial charge in [0.2, 0.25) is 0 Å². The van der Waals surface area contributed by atoms with Crippen LogP contribution in [0.5, 0.6) is 0 Å². The molecule has 0 heterocycles. The van der Waals surface area contributed by atoms with Crippen molar-refractivity contribution < 1.29 is 9.47 Å². The molecule has 104 valence electrons. The van der Waals surface area contributed by atoms with E-state index in [0.717, 1.165) is 12.8 Å². The lowest BCUT2D eigenvalue weighted by atomic mass is 10.1. The van der Waals surface area contributed by atoms with Crippen LogP contribution >= 0.6 is 0 Å². The molecule has 0 amide bonds. The van der Waals surface area contributed by atoms with E-state index in [2.05, 4.69) is 46.9 Å². The maximum absolute atomic E-state index is 5.91. The molecule has 0 bridgehead atoms. The van der Waals surface area contributed by atoms with Crippen LogP contribution in [0.3, 0.4) is 0 Å². The van der Waals surface area contributed by atoms with Crippen molar-refractivity contribution in [2.75, 3.05) is 0 Å². The molecule has 2 atom stereocenters. The van der Waals surface area contributed by atoms with Gasteiger partial charge in [-0.15, -0.1) is 0 Å². The number of ether oxygens (including phenoxy) is 2. The molecule has 0 aromatic heterocycles. The second kappa shape index (κ2) is 6.72. The molecule has 0 fully saturated rings. The maximum atomic E-state index is 5.91. The quantitative estimate of drug-likeness (QED) is 0.662. The highest BCUT2D eigenvalue weighted by Gasteiger charge is 2.23. The van der Waals surface area contributed by atoms with Gasteiger partial charge >= 0.3 is 0 Å². The Morgan fingerprint density at radius 3 is 1.35 bits per heavy atom. The summed E-state index contributed by atoms with van der Waals surface area (Å²) in [6.07, 6.45) is 1.98. The largest absolute Gasteiger partial charge is 0.358 e. The summed E-state index contributed by atoms with van der Waals surface area (Å²) in [5.74, 6) is 0. The molecule has 0 rings (SSSR count). The van der Waals surface area contributed by atoms with Crippen LogP contribution in [0.25, 0.3) is 0 Å². The fourth-order valence-electron chi connectivity index (χ4n) is 1.52. The van der Waals surface area contributed by atoms with Crippen molar-refractivity contribution in [1.29, 1.82) is 0 Å². The van der Waals surface area contributed by atoms with Crippen LogP contribution in [0.2, 0.25) is 0 Å². The molecular formula is C14H31NO2. The van der Waals surface area contributed by atoms with Crippen LogP contribution in [0.4, 0.5) is 0 Å². The highest BCUT2D eigenvalue weighted by molar-refractivity contribution is 4.70. The van der Waals surface area contributed by atoms with Crippen molar-refractivity contribution in [2.24, 2.45) is 0 Å². The van der Waals surface area contributed by atoms with E-state index in [1.807, 2.05) is 13.8 Å². The Kier molecular flexibility index (Phi) is 6.67. The van der Waals surface area contributed by atoms with Gasteiger partial charge in [0.15, 0.2) is 0 Å². The summed E-state index contributed by atoms with van der Waals surface area (Å²) in [6.45, 7) is 16.7. The molecule has 0 saturated heterocycles. The van der Waals surface area contributed by atoms with Gasteiger partial charge in [-0.25, -0.2) is 0 Å². The summed E-state index contributed by atoms with van der Waals surface area (Å²) in [5.41, 5.74) is -0.182. The Morgan fingerprint density at radius 1 is 0.824 bits per heavy atom. The van der Waals surface area contributed by atoms with Gasteiger partial charge in [-0.1, -0.05) is 13.8 Å². The maximum Gasteiger partial charge on any atom is 0.107 e. The van der Waals surface area contributed by atoms with Crippen LogP contribution in [-0.4, -0.2) is 23.7 Å². The highest BCUT2D eigenvalue weighted by Crippen LogP contribution is 2.18. The van der Waals surface area contributed by atoms with Crippen molar-refractivity contribution in [3.05, 3.63) is 0 Å². The number of hydrogen-bond donors (Lipinski definition) is 1. The molecule has 3 nitrogen and oxygen atoms in total. The number of nitrogens with one attached hydrogen (secondary N) is 1. The van der Waals surface area contributed by atoms with E-state index in [4.69, 9.17) is 9.47 Å². The van der Waals surface area contributed by atoms with E-state index >= 15 is 0 Å². The molecule has 1 N–H and O–H groups in total. The minimum Gasteiger partial charge on any atom is -0.358 e. The molecular weight excluding hydrogens is 214 g/mol. The molecule has 0 spiro atoms. The molecule has 0 aliphatic carbocycles. The lowest BCUT2D eigenvalue weighted by molar-refractivity contribution is -0.132. The summed E-state index contributed by atoms with van der Waals surface area (Å²) in [6, 6.07) is 0. The van der Waals surface area contributed by atoms with E-state index in [-0.39, 0.29) is 23.7 Å². The average molecular weight is 245 g/mol. The zero-order valence-corrected chi connectivity index (χ0v) is 12.9. The third-order valence-electron chi connectivity index (χ3n) is 3.16. The lowest BCUT2D eigenvalue weighted by Gasteiger charge is -2.33. The Balaban J connectivity index is 4.08. The van der Waals surface area contributed by atoms with Crippen molar-refractivity contribution >= 4 is 0 Å². The minimum absolute atomic E-state index is 0.00685. The first-order chi connectivity index (χ1) is 7.62. The van der Waals surface area contributed by atoms with Gasteiger partial charge < -0.3 is 9.47 Å². The summed E-state index contributed by atoms with van der Waals surface area (Å²) in [4.78, 5) is 0. The van der Waals surface area contributed by atoms with Crippen LogP contribution in [0.1, 0.15) is 68.2 Å². The zero-order valence-electron chi connectivity index (χ0n) is 12.9. The smallest absolute Gasteiger partial charge is 0.107 e. The molecule has 0 aromatic carbocycles. The molecule has 17 heavy (non-hydrogen) atoms. The van der Waals surface area contributed by atoms with E-state index in [1.165, 1.54) is 0 Å². The Hall–Kier alpha value is -0.120. The van der Waals surface area contributed by atoms with E-state index < -0.39 is 0 Å². The standard InChI is InChI=1S/C14H31NO2/c1-9-13(5,6)16-11(3)15-12(4)17-14(7,8)10-2/h11-12,15H,9-10H2,1-8H3. The van der Waals surface area contributed by atoms with Gasteiger partial charge in [-0.3, -0.25) is 5.32 Å². The predicted octanol–water partition coefficient (Wildman–Crippen LogP) is 3.68. The van der Waals surface area contributed by atoms with Gasteiger partial charge in [0, 0.05) is 0 Å². The Morgan fingerprint density at radius 2 is 1.12 bits per heavy atom. The van der Waals surface area contributed by atoms with Crippen LogP contribution < -0.4 is 5.32 Å². The Labute approximate surface area is 107 Å². The van der Waals surface area contributed by atoms with E-state index in [1.54, 1.807) is 0 Å². The van der Waals surface area contributed by atoms with Crippen molar-refractivity contribution in [2.45, 2.75) is 91.9 Å². The van der Waals surface area contributed by atoms with Gasteiger partial charge in [-0.05, 0) is 54.4 Å². The molecule has 0 aliphatic heterocycles. The molecule has 0 saturated carbocycles. The van der Waals surface area contributed by atoms with Crippen molar-refractivity contribution in [3.63, 3.8) is 0 Å². The Bertz CT molecular complexity index is 192. The summed E-state index contributed by atoms with van der Waals surface area (Å²) >= 11 is 0. The summed E-state index contributed by atoms with van der Waals surface area (Å²) in [5, 5.41) is 3.32. The second-order valence-corrected chi connectivity index (χ2v) is 5.91. The van der Waals surface area contributed by atoms with Gasteiger partial charge in [-0.2, -0.15) is 0 Å². The van der Waals surface area contributed by atoms with Gasteiger partial charge in [0.25, 0.3) is 0 Å². The molecule has 0 aliphatic rings. The first-order valence-corrected chi connectivity index (χ1v) is 6.73.